The van der Waals surface area contributed by atoms with E-state index in [1.54, 1.807) is 24.6 Å². The summed E-state index contributed by atoms with van der Waals surface area (Å²) in [6, 6.07) is 15.4. The third kappa shape index (κ3) is 4.90. The van der Waals surface area contributed by atoms with Gasteiger partial charge in [-0.05, 0) is 47.2 Å². The van der Waals surface area contributed by atoms with E-state index < -0.39 is 0 Å². The molecule has 0 amide bonds. The maximum absolute atomic E-state index is 9.28. The Morgan fingerprint density at radius 3 is 2.42 bits per heavy atom. The molecule has 0 bridgehead atoms. The van der Waals surface area contributed by atoms with Crippen molar-refractivity contribution in [2.24, 2.45) is 0 Å². The first kappa shape index (κ1) is 21.0. The highest BCUT2D eigenvalue weighted by Crippen LogP contribution is 2.33. The zero-order chi connectivity index (χ0) is 21.6. The Morgan fingerprint density at radius 1 is 0.968 bits per heavy atom. The lowest BCUT2D eigenvalue weighted by Gasteiger charge is -2.10. The van der Waals surface area contributed by atoms with Gasteiger partial charge in [-0.2, -0.15) is 0 Å². The number of anilines is 1. The number of fused-ring (bicyclic) bond motifs is 1. The van der Waals surface area contributed by atoms with Gasteiger partial charge in [0.2, 0.25) is 0 Å². The highest BCUT2D eigenvalue weighted by molar-refractivity contribution is 7.17. The molecule has 2 aromatic heterocycles. The van der Waals surface area contributed by atoms with E-state index in [1.807, 2.05) is 53.9 Å². The zero-order valence-corrected chi connectivity index (χ0v) is 18.0. The van der Waals surface area contributed by atoms with Crippen molar-refractivity contribution in [2.45, 2.75) is 19.6 Å². The lowest BCUT2D eigenvalue weighted by atomic mass is 10.1. The van der Waals surface area contributed by atoms with E-state index in [0.29, 0.717) is 31.2 Å². The largest absolute Gasteiger partial charge is 0.497 e. The summed E-state index contributed by atoms with van der Waals surface area (Å²) in [4.78, 5) is 4.28. The molecule has 0 saturated carbocycles. The molecule has 0 atom stereocenters. The van der Waals surface area contributed by atoms with E-state index in [2.05, 4.69) is 4.98 Å². The fourth-order valence-corrected chi connectivity index (χ4v) is 4.40. The Hall–Kier alpha value is -3.29. The molecule has 6 nitrogen and oxygen atoms in total. The maximum atomic E-state index is 9.28. The van der Waals surface area contributed by atoms with Gasteiger partial charge in [0.15, 0.2) is 0 Å². The topological polar surface area (TPSA) is 86.8 Å². The van der Waals surface area contributed by atoms with E-state index >= 15 is 0 Å². The lowest BCUT2D eigenvalue weighted by molar-refractivity contribution is 0.291. The van der Waals surface area contributed by atoms with E-state index in [1.165, 1.54) is 0 Å². The quantitative estimate of drug-likeness (QED) is 0.399. The Morgan fingerprint density at radius 2 is 1.71 bits per heavy atom. The van der Waals surface area contributed by atoms with Gasteiger partial charge in [-0.1, -0.05) is 18.2 Å². The van der Waals surface area contributed by atoms with E-state index in [0.717, 1.165) is 38.3 Å². The van der Waals surface area contributed by atoms with Crippen LogP contribution in [0.25, 0.3) is 10.1 Å². The summed E-state index contributed by atoms with van der Waals surface area (Å²) in [7, 11) is 1.65. The lowest BCUT2D eigenvalue weighted by Crippen LogP contribution is -2.00. The van der Waals surface area contributed by atoms with Gasteiger partial charge in [0.1, 0.15) is 36.3 Å². The third-order valence-corrected chi connectivity index (χ3v) is 6.02. The monoisotopic (exact) mass is 436 g/mol. The minimum atomic E-state index is 0.0771. The van der Waals surface area contributed by atoms with Crippen molar-refractivity contribution in [2.75, 3.05) is 19.5 Å². The predicted molar refractivity (Wildman–Crippen MR) is 123 cm³/mol. The van der Waals surface area contributed by atoms with Crippen molar-refractivity contribution in [3.63, 3.8) is 0 Å². The van der Waals surface area contributed by atoms with Gasteiger partial charge in [-0.3, -0.25) is 0 Å². The summed E-state index contributed by atoms with van der Waals surface area (Å²) in [6.45, 7) is 0.905. The van der Waals surface area contributed by atoms with Crippen LogP contribution in [0, 0.1) is 0 Å². The average Bonchev–Trinajstić information content (AvgIpc) is 3.24. The number of thiophene rings is 1. The average molecular weight is 437 g/mol. The second kappa shape index (κ2) is 9.68. The SMILES string of the molecule is COc1ccc(COc2cccc(OCc3csc4c(CCO)cnc(N)c34)c2)cc1. The molecule has 0 fully saturated rings. The molecule has 0 saturated heterocycles. The van der Waals surface area contributed by atoms with Gasteiger partial charge in [0.05, 0.1) is 7.11 Å². The van der Waals surface area contributed by atoms with Crippen LogP contribution in [0.1, 0.15) is 16.7 Å². The Balaban J connectivity index is 1.43. The number of methoxy groups -OCH3 is 1. The van der Waals surface area contributed by atoms with E-state index in [4.69, 9.17) is 19.9 Å². The number of hydrogen-bond acceptors (Lipinski definition) is 7. The minimum Gasteiger partial charge on any atom is -0.497 e. The fraction of sp³-hybridized carbons (Fsp3) is 0.208. The van der Waals surface area contributed by atoms with E-state index in [-0.39, 0.29) is 6.61 Å². The number of pyridine rings is 1. The van der Waals surface area contributed by atoms with Crippen molar-refractivity contribution in [3.8, 4) is 17.2 Å². The van der Waals surface area contributed by atoms with Crippen LogP contribution in [0.3, 0.4) is 0 Å². The second-order valence-electron chi connectivity index (χ2n) is 7.01. The van der Waals surface area contributed by atoms with Crippen molar-refractivity contribution in [1.29, 1.82) is 0 Å². The number of ether oxygens (including phenoxy) is 3. The third-order valence-electron chi connectivity index (χ3n) is 4.92. The number of nitrogens with two attached hydrogens (primary N) is 1. The van der Waals surface area contributed by atoms with Crippen LogP contribution in [0.4, 0.5) is 5.82 Å². The second-order valence-corrected chi connectivity index (χ2v) is 7.89. The Kier molecular flexibility index (Phi) is 6.54. The maximum Gasteiger partial charge on any atom is 0.132 e. The summed E-state index contributed by atoms with van der Waals surface area (Å²) >= 11 is 1.60. The highest BCUT2D eigenvalue weighted by atomic mass is 32.1. The molecule has 2 aromatic carbocycles. The molecule has 160 valence electrons. The van der Waals surface area contributed by atoms with Crippen LogP contribution < -0.4 is 19.9 Å². The number of benzene rings is 2. The molecule has 0 unspecified atom stereocenters. The summed E-state index contributed by atoms with van der Waals surface area (Å²) in [5.41, 5.74) is 9.15. The Bertz CT molecular complexity index is 1160. The van der Waals surface area contributed by atoms with Crippen molar-refractivity contribution >= 4 is 27.2 Å². The van der Waals surface area contributed by atoms with Crippen LogP contribution in [0.5, 0.6) is 17.2 Å². The predicted octanol–water partition coefficient (Wildman–Crippen LogP) is 4.58. The number of aliphatic hydroxyl groups is 1. The normalized spacial score (nSPS) is 10.9. The molecule has 7 heteroatoms. The van der Waals surface area contributed by atoms with Gasteiger partial charge in [0, 0.05) is 34.5 Å². The molecule has 31 heavy (non-hydrogen) atoms. The van der Waals surface area contributed by atoms with Gasteiger partial charge in [-0.25, -0.2) is 4.98 Å². The first-order valence-electron chi connectivity index (χ1n) is 9.91. The van der Waals surface area contributed by atoms with Gasteiger partial charge in [0.25, 0.3) is 0 Å². The molecule has 0 aliphatic carbocycles. The number of aliphatic hydroxyl groups excluding tert-OH is 1. The van der Waals surface area contributed by atoms with Crippen molar-refractivity contribution in [3.05, 3.63) is 76.8 Å². The molecular formula is C24H24N2O4S. The standard InChI is InChI=1S/C24H24N2O4S/c1-28-19-7-5-16(6-8-19)13-29-20-3-2-4-21(11-20)30-14-18-15-31-23-17(9-10-27)12-26-24(25)22(18)23/h2-8,11-12,15,27H,9-10,13-14H2,1H3,(H2,25,26). The summed E-state index contributed by atoms with van der Waals surface area (Å²) in [6.07, 6.45) is 2.29. The molecule has 0 aliphatic heterocycles. The van der Waals surface area contributed by atoms with Crippen LogP contribution >= 0.6 is 11.3 Å². The molecule has 0 spiro atoms. The fourth-order valence-electron chi connectivity index (χ4n) is 3.29. The Labute approximate surface area is 184 Å². The number of nitrogens with zero attached hydrogens (tertiary/aromatic N) is 1. The van der Waals surface area contributed by atoms with Gasteiger partial charge >= 0.3 is 0 Å². The van der Waals surface area contributed by atoms with Crippen molar-refractivity contribution in [1.82, 2.24) is 4.98 Å². The number of rotatable bonds is 9. The smallest absolute Gasteiger partial charge is 0.132 e. The van der Waals surface area contributed by atoms with Crippen molar-refractivity contribution < 1.29 is 19.3 Å². The molecule has 4 rings (SSSR count). The summed E-state index contributed by atoms with van der Waals surface area (Å²) < 4.78 is 18.1. The van der Waals surface area contributed by atoms with Crippen LogP contribution in [-0.4, -0.2) is 23.8 Å². The number of nitrogen functional groups attached to an aromatic ring is 1. The minimum absolute atomic E-state index is 0.0771. The van der Waals surface area contributed by atoms with Crippen LogP contribution in [0.2, 0.25) is 0 Å². The first-order valence-corrected chi connectivity index (χ1v) is 10.8. The zero-order valence-electron chi connectivity index (χ0n) is 17.2. The molecule has 0 aliphatic rings. The highest BCUT2D eigenvalue weighted by Gasteiger charge is 2.13. The molecule has 3 N–H and O–H groups in total. The van der Waals surface area contributed by atoms with E-state index in [9.17, 15) is 5.11 Å². The summed E-state index contributed by atoms with van der Waals surface area (Å²) in [5.74, 6) is 2.74. The number of hydrogen-bond donors (Lipinski definition) is 2. The van der Waals surface area contributed by atoms with Crippen LogP contribution in [0.15, 0.2) is 60.1 Å². The number of aromatic nitrogens is 1. The molecule has 0 radical (unpaired) electrons. The van der Waals surface area contributed by atoms with Crippen LogP contribution in [-0.2, 0) is 19.6 Å². The molecule has 2 heterocycles. The van der Waals surface area contributed by atoms with Gasteiger partial charge in [-0.15, -0.1) is 11.3 Å². The molecule has 4 aromatic rings. The molecular weight excluding hydrogens is 412 g/mol. The van der Waals surface area contributed by atoms with Gasteiger partial charge < -0.3 is 25.1 Å². The first-order chi connectivity index (χ1) is 15.2. The summed E-state index contributed by atoms with van der Waals surface area (Å²) in [5, 5.41) is 12.2.